The average Bonchev–Trinajstić information content (AvgIpc) is 2.48. The second-order valence-electron chi connectivity index (χ2n) is 4.70. The van der Waals surface area contributed by atoms with Gasteiger partial charge in [-0.2, -0.15) is 0 Å². The van der Waals surface area contributed by atoms with Crippen LogP contribution in [-0.2, 0) is 0 Å². The molecule has 0 aliphatic carbocycles. The fourth-order valence-electron chi connectivity index (χ4n) is 1.94. The first-order valence-electron chi connectivity index (χ1n) is 5.22. The van der Waals surface area contributed by atoms with Crippen LogP contribution in [0.2, 0.25) is 10.0 Å². The van der Waals surface area contributed by atoms with Crippen molar-refractivity contribution in [1.29, 1.82) is 0 Å². The third-order valence-corrected chi connectivity index (χ3v) is 3.79. The van der Waals surface area contributed by atoms with Gasteiger partial charge in [-0.1, -0.05) is 23.2 Å². The maximum atomic E-state index is 10.1. The molecule has 16 heavy (non-hydrogen) atoms. The van der Waals surface area contributed by atoms with Crippen LogP contribution in [0.1, 0.15) is 32.3 Å². The molecule has 1 heterocycles. The first-order valence-corrected chi connectivity index (χ1v) is 5.98. The van der Waals surface area contributed by atoms with Crippen molar-refractivity contribution in [3.05, 3.63) is 33.8 Å². The number of benzene rings is 1. The van der Waals surface area contributed by atoms with Crippen LogP contribution in [-0.4, -0.2) is 21.2 Å². The number of hydrogen-bond acceptors (Lipinski definition) is 1. The molecule has 0 bridgehead atoms. The molecule has 0 unspecified atom stereocenters. The van der Waals surface area contributed by atoms with Gasteiger partial charge in [0.2, 0.25) is 11.3 Å². The van der Waals surface area contributed by atoms with Crippen LogP contribution in [0.25, 0.3) is 0 Å². The van der Waals surface area contributed by atoms with Crippen molar-refractivity contribution in [3.63, 3.8) is 0 Å². The SMILES string of the molecule is CC1(C)CCC(c2ccc(Cl)c(Cl)c2)=[N+]1O. The molecular weight excluding hydrogens is 245 g/mol. The summed E-state index contributed by atoms with van der Waals surface area (Å²) in [6, 6.07) is 5.43. The number of rotatable bonds is 1. The Morgan fingerprint density at radius 1 is 1.25 bits per heavy atom. The molecule has 4 heteroatoms. The zero-order valence-corrected chi connectivity index (χ0v) is 10.8. The molecule has 1 aromatic carbocycles. The second kappa shape index (κ2) is 3.94. The maximum absolute atomic E-state index is 10.1. The Hall–Kier alpha value is -0.730. The second-order valence-corrected chi connectivity index (χ2v) is 5.51. The van der Waals surface area contributed by atoms with Crippen molar-refractivity contribution >= 4 is 28.9 Å². The van der Waals surface area contributed by atoms with Gasteiger partial charge in [-0.15, -0.1) is 0 Å². The summed E-state index contributed by atoms with van der Waals surface area (Å²) in [5.41, 5.74) is 1.63. The highest BCUT2D eigenvalue weighted by molar-refractivity contribution is 6.42. The quantitative estimate of drug-likeness (QED) is 0.602. The van der Waals surface area contributed by atoms with Crippen LogP contribution < -0.4 is 0 Å². The summed E-state index contributed by atoms with van der Waals surface area (Å²) in [4.78, 5) is 0. The van der Waals surface area contributed by atoms with Gasteiger partial charge in [0.15, 0.2) is 0 Å². The summed E-state index contributed by atoms with van der Waals surface area (Å²) in [6.45, 7) is 4.02. The van der Waals surface area contributed by atoms with Gasteiger partial charge in [-0.25, -0.2) is 0 Å². The molecule has 0 saturated heterocycles. The summed E-state index contributed by atoms with van der Waals surface area (Å²) in [6.07, 6.45) is 1.78. The highest BCUT2D eigenvalue weighted by Crippen LogP contribution is 2.29. The van der Waals surface area contributed by atoms with Gasteiger partial charge in [0.1, 0.15) is 0 Å². The van der Waals surface area contributed by atoms with Crippen LogP contribution in [0.4, 0.5) is 0 Å². The van der Waals surface area contributed by atoms with Gasteiger partial charge in [0.05, 0.1) is 10.0 Å². The minimum atomic E-state index is -0.207. The van der Waals surface area contributed by atoms with Gasteiger partial charge in [-0.3, -0.25) is 5.21 Å². The standard InChI is InChI=1S/C12H14Cl2NO/c1-12(2)6-5-11(15(12)16)8-3-4-9(13)10(14)7-8/h3-4,7,16H,5-6H2,1-2H3/q+1. The van der Waals surface area contributed by atoms with E-state index in [1.165, 1.54) is 4.74 Å². The molecule has 2 rings (SSSR count). The molecule has 0 atom stereocenters. The van der Waals surface area contributed by atoms with E-state index in [1.54, 1.807) is 12.1 Å². The molecular formula is C12H14Cl2NO+. The fourth-order valence-corrected chi connectivity index (χ4v) is 2.24. The van der Waals surface area contributed by atoms with E-state index in [4.69, 9.17) is 23.2 Å². The van der Waals surface area contributed by atoms with Crippen LogP contribution in [0.5, 0.6) is 0 Å². The molecule has 1 aliphatic heterocycles. The van der Waals surface area contributed by atoms with E-state index < -0.39 is 0 Å². The van der Waals surface area contributed by atoms with Crippen molar-refractivity contribution in [2.24, 2.45) is 0 Å². The summed E-state index contributed by atoms with van der Waals surface area (Å²) < 4.78 is 1.34. The van der Waals surface area contributed by atoms with Gasteiger partial charge >= 0.3 is 0 Å². The Morgan fingerprint density at radius 2 is 1.94 bits per heavy atom. The number of hydroxylamine groups is 1. The molecule has 0 aromatic heterocycles. The summed E-state index contributed by atoms with van der Waals surface area (Å²) in [5, 5.41) is 11.1. The molecule has 2 nitrogen and oxygen atoms in total. The Kier molecular flexibility index (Phi) is 2.89. The van der Waals surface area contributed by atoms with E-state index >= 15 is 0 Å². The number of nitrogens with zero attached hydrogens (tertiary/aromatic N) is 1. The third-order valence-electron chi connectivity index (χ3n) is 3.06. The lowest BCUT2D eigenvalue weighted by Crippen LogP contribution is -2.31. The Morgan fingerprint density at radius 3 is 2.44 bits per heavy atom. The molecule has 86 valence electrons. The van der Waals surface area contributed by atoms with E-state index in [0.29, 0.717) is 10.0 Å². The zero-order chi connectivity index (χ0) is 11.9. The van der Waals surface area contributed by atoms with E-state index in [0.717, 1.165) is 24.1 Å². The van der Waals surface area contributed by atoms with E-state index in [1.807, 2.05) is 19.9 Å². The summed E-state index contributed by atoms with van der Waals surface area (Å²) in [5.74, 6) is 0. The lowest BCUT2D eigenvalue weighted by atomic mass is 10.0. The van der Waals surface area contributed by atoms with Gasteiger partial charge in [0.25, 0.3) is 0 Å². The lowest BCUT2D eigenvalue weighted by molar-refractivity contribution is -0.816. The van der Waals surface area contributed by atoms with Crippen molar-refractivity contribution in [2.75, 3.05) is 0 Å². The van der Waals surface area contributed by atoms with Crippen LogP contribution in [0.3, 0.4) is 0 Å². The number of hydrogen-bond donors (Lipinski definition) is 1. The minimum Gasteiger partial charge on any atom is -0.290 e. The number of halogens is 2. The first-order chi connectivity index (χ1) is 7.42. The van der Waals surface area contributed by atoms with Gasteiger partial charge in [-0.05, 0) is 22.9 Å². The summed E-state index contributed by atoms with van der Waals surface area (Å²) >= 11 is 11.8. The van der Waals surface area contributed by atoms with E-state index in [2.05, 4.69) is 0 Å². The maximum Gasteiger partial charge on any atom is 0.235 e. The normalized spacial score (nSPS) is 19.2. The lowest BCUT2D eigenvalue weighted by Gasteiger charge is -2.08. The van der Waals surface area contributed by atoms with Crippen molar-refractivity contribution in [2.45, 2.75) is 32.2 Å². The predicted molar refractivity (Wildman–Crippen MR) is 65.9 cm³/mol. The Bertz CT molecular complexity index is 466. The molecule has 0 radical (unpaired) electrons. The fraction of sp³-hybridized carbons (Fsp3) is 0.417. The van der Waals surface area contributed by atoms with Crippen molar-refractivity contribution in [1.82, 2.24) is 0 Å². The van der Waals surface area contributed by atoms with Crippen LogP contribution >= 0.6 is 23.2 Å². The average molecular weight is 259 g/mol. The molecule has 0 spiro atoms. The van der Waals surface area contributed by atoms with E-state index in [9.17, 15) is 5.21 Å². The Labute approximate surface area is 105 Å². The molecule has 1 aliphatic rings. The topological polar surface area (TPSA) is 23.2 Å². The van der Waals surface area contributed by atoms with Gasteiger partial charge in [0, 0.05) is 32.3 Å². The van der Waals surface area contributed by atoms with Crippen molar-refractivity contribution in [3.8, 4) is 0 Å². The molecule has 0 fully saturated rings. The zero-order valence-electron chi connectivity index (χ0n) is 9.30. The minimum absolute atomic E-state index is 0.207. The van der Waals surface area contributed by atoms with Crippen LogP contribution in [0.15, 0.2) is 18.2 Å². The smallest absolute Gasteiger partial charge is 0.235 e. The Balaban J connectivity index is 2.46. The third kappa shape index (κ3) is 1.92. The summed E-state index contributed by atoms with van der Waals surface area (Å²) in [7, 11) is 0. The molecule has 0 saturated carbocycles. The van der Waals surface area contributed by atoms with Crippen molar-refractivity contribution < 1.29 is 9.95 Å². The van der Waals surface area contributed by atoms with E-state index in [-0.39, 0.29) is 5.54 Å². The monoisotopic (exact) mass is 258 g/mol. The predicted octanol–water partition coefficient (Wildman–Crippen LogP) is 3.76. The largest absolute Gasteiger partial charge is 0.290 e. The molecule has 1 aromatic rings. The highest BCUT2D eigenvalue weighted by atomic mass is 35.5. The van der Waals surface area contributed by atoms with Gasteiger partial charge < -0.3 is 0 Å². The van der Waals surface area contributed by atoms with Crippen LogP contribution in [0, 0.1) is 0 Å². The first kappa shape index (κ1) is 11.7. The highest BCUT2D eigenvalue weighted by Gasteiger charge is 2.42. The molecule has 0 amide bonds. The molecule has 1 N–H and O–H groups in total.